The molecule has 3 rings (SSSR count). The fourth-order valence-electron chi connectivity index (χ4n) is 2.66. The number of nitrogens with two attached hydrogens (primary N) is 1. The van der Waals surface area contributed by atoms with Crippen LogP contribution in [0.25, 0.3) is 0 Å². The van der Waals surface area contributed by atoms with Crippen LogP contribution in [0.3, 0.4) is 0 Å². The Morgan fingerprint density at radius 3 is 2.77 bits per heavy atom. The van der Waals surface area contributed by atoms with Gasteiger partial charge >= 0.3 is 6.18 Å². The lowest BCUT2D eigenvalue weighted by Gasteiger charge is -2.32. The van der Waals surface area contributed by atoms with E-state index >= 15 is 0 Å². The van der Waals surface area contributed by atoms with Crippen molar-refractivity contribution in [3.63, 3.8) is 0 Å². The Morgan fingerprint density at radius 2 is 2.14 bits per heavy atom. The van der Waals surface area contributed by atoms with E-state index in [9.17, 15) is 13.2 Å². The number of nitrogens with zero attached hydrogens (tertiary/aromatic N) is 2. The van der Waals surface area contributed by atoms with Gasteiger partial charge in [0.1, 0.15) is 0 Å². The van der Waals surface area contributed by atoms with Crippen molar-refractivity contribution in [2.24, 2.45) is 5.73 Å². The van der Waals surface area contributed by atoms with E-state index in [2.05, 4.69) is 0 Å². The van der Waals surface area contributed by atoms with E-state index in [-0.39, 0.29) is 6.04 Å². The zero-order valence-corrected chi connectivity index (χ0v) is 13.7. The molecule has 1 saturated heterocycles. The number of anilines is 1. The number of hydrogen-bond acceptors (Lipinski definition) is 3. The van der Waals surface area contributed by atoms with E-state index in [1.807, 2.05) is 4.90 Å². The van der Waals surface area contributed by atoms with Crippen molar-refractivity contribution < 1.29 is 13.2 Å². The molecule has 9 heteroatoms. The smallest absolute Gasteiger partial charge is 0.392 e. The number of hydrogen-bond donors (Lipinski definition) is 1. The maximum absolute atomic E-state index is 12.9. The molecule has 0 aromatic heterocycles. The van der Waals surface area contributed by atoms with Gasteiger partial charge < -0.3 is 15.5 Å². The molecule has 1 fully saturated rings. The largest absolute Gasteiger partial charge is 0.416 e. The average Bonchev–Trinajstić information content (AvgIpc) is 2.73. The van der Waals surface area contributed by atoms with Crippen molar-refractivity contribution in [1.82, 2.24) is 4.90 Å². The predicted octanol–water partition coefficient (Wildman–Crippen LogP) is 2.87. The lowest BCUT2D eigenvalue weighted by atomic mass is 10.1. The molecule has 0 spiro atoms. The summed E-state index contributed by atoms with van der Waals surface area (Å²) in [6.07, 6.45) is -4.37. The lowest BCUT2D eigenvalue weighted by molar-refractivity contribution is -0.137. The number of benzene rings is 1. The molecule has 2 aliphatic rings. The van der Waals surface area contributed by atoms with Gasteiger partial charge in [-0.3, -0.25) is 0 Å². The number of rotatable bonds is 2. The van der Waals surface area contributed by atoms with Gasteiger partial charge in [0.25, 0.3) is 0 Å². The monoisotopic (exact) mass is 363 g/mol. The molecule has 1 unspecified atom stereocenters. The van der Waals surface area contributed by atoms with Crippen LogP contribution in [0, 0.1) is 0 Å². The Hall–Kier alpha value is -1.06. The summed E-state index contributed by atoms with van der Waals surface area (Å²) in [5, 5.41) is 0.485. The van der Waals surface area contributed by atoms with Gasteiger partial charge in [0.2, 0.25) is 0 Å². The highest BCUT2D eigenvalue weighted by Gasteiger charge is 2.40. The van der Waals surface area contributed by atoms with Crippen LogP contribution < -0.4 is 10.6 Å². The number of fused-ring (bicyclic) bond motifs is 3. The number of thioether (sulfide) groups is 1. The first-order valence-corrected chi connectivity index (χ1v) is 8.28. The zero-order valence-electron chi connectivity index (χ0n) is 11.3. The highest BCUT2D eigenvalue weighted by Crippen LogP contribution is 2.43. The Morgan fingerprint density at radius 1 is 1.41 bits per heavy atom. The first kappa shape index (κ1) is 15.8. The lowest BCUT2D eigenvalue weighted by Crippen LogP contribution is -2.39. The maximum Gasteiger partial charge on any atom is 0.416 e. The van der Waals surface area contributed by atoms with Crippen LogP contribution in [0.2, 0.25) is 0 Å². The first-order valence-electron chi connectivity index (χ1n) is 6.48. The van der Waals surface area contributed by atoms with E-state index in [1.54, 1.807) is 16.7 Å². The molecular weight excluding hydrogens is 351 g/mol. The molecule has 0 radical (unpaired) electrons. The van der Waals surface area contributed by atoms with Crippen LogP contribution >= 0.6 is 36.2 Å². The molecule has 1 aromatic carbocycles. The first-order chi connectivity index (χ1) is 10.3. The highest BCUT2D eigenvalue weighted by molar-refractivity contribution is 7.99. The van der Waals surface area contributed by atoms with Gasteiger partial charge in [0.15, 0.2) is 5.11 Å². The molecule has 0 amide bonds. The molecule has 0 saturated carbocycles. The van der Waals surface area contributed by atoms with Gasteiger partial charge in [-0.05, 0) is 30.4 Å². The number of thiocarbonyl (C=S) groups is 2. The quantitative estimate of drug-likeness (QED) is 0.814. The normalized spacial score (nSPS) is 20.9. The zero-order chi connectivity index (χ0) is 16.1. The fraction of sp³-hybridized carbons (Fsp3) is 0.385. The van der Waals surface area contributed by atoms with Crippen molar-refractivity contribution in [3.8, 4) is 0 Å². The number of halogens is 3. The summed E-state index contributed by atoms with van der Waals surface area (Å²) in [7, 11) is 0. The maximum atomic E-state index is 12.9. The standard InChI is InChI=1S/C13H12F3N3S3/c14-13(15,16)7-1-2-10-9(3-7)19-8(6-22-10)4-18(12(19)21)5-11(17)20/h1-3,8H,4-6H2,(H2,17,20). The van der Waals surface area contributed by atoms with Gasteiger partial charge in [-0.15, -0.1) is 11.8 Å². The van der Waals surface area contributed by atoms with Gasteiger partial charge in [0.05, 0.1) is 28.8 Å². The van der Waals surface area contributed by atoms with Crippen LogP contribution in [0.15, 0.2) is 23.1 Å². The Labute approximate surface area is 140 Å². The van der Waals surface area contributed by atoms with Crippen molar-refractivity contribution in [1.29, 1.82) is 0 Å². The second-order valence-electron chi connectivity index (χ2n) is 5.14. The number of alkyl halides is 3. The second-order valence-corrected chi connectivity index (χ2v) is 7.10. The van der Waals surface area contributed by atoms with Crippen molar-refractivity contribution in [3.05, 3.63) is 23.8 Å². The van der Waals surface area contributed by atoms with E-state index in [0.717, 1.165) is 16.7 Å². The minimum Gasteiger partial charge on any atom is -0.392 e. The van der Waals surface area contributed by atoms with E-state index in [1.165, 1.54) is 12.1 Å². The molecule has 2 N–H and O–H groups in total. The molecule has 0 aliphatic carbocycles. The summed E-state index contributed by atoms with van der Waals surface area (Å²) in [5.74, 6) is 0.770. The molecule has 3 nitrogen and oxygen atoms in total. The third kappa shape index (κ3) is 2.77. The van der Waals surface area contributed by atoms with Gasteiger partial charge in [-0.25, -0.2) is 0 Å². The summed E-state index contributed by atoms with van der Waals surface area (Å²) in [5.41, 5.74) is 5.41. The van der Waals surface area contributed by atoms with Crippen molar-refractivity contribution in [2.45, 2.75) is 17.1 Å². The molecule has 22 heavy (non-hydrogen) atoms. The molecule has 2 aliphatic heterocycles. The summed E-state index contributed by atoms with van der Waals surface area (Å²) in [4.78, 5) is 4.77. The third-order valence-corrected chi connectivity index (χ3v) is 5.39. The third-order valence-electron chi connectivity index (χ3n) is 3.60. The topological polar surface area (TPSA) is 32.5 Å². The van der Waals surface area contributed by atoms with Crippen LogP contribution in [-0.4, -0.2) is 39.9 Å². The Balaban J connectivity index is 1.97. The Kier molecular flexibility index (Phi) is 3.98. The van der Waals surface area contributed by atoms with Crippen LogP contribution in [-0.2, 0) is 6.18 Å². The molecule has 2 heterocycles. The summed E-state index contributed by atoms with van der Waals surface area (Å²) in [6.45, 7) is 0.971. The van der Waals surface area contributed by atoms with E-state index < -0.39 is 11.7 Å². The van der Waals surface area contributed by atoms with Gasteiger partial charge in [0, 0.05) is 17.2 Å². The average molecular weight is 363 g/mol. The van der Waals surface area contributed by atoms with Gasteiger partial charge in [-0.2, -0.15) is 13.2 Å². The molecule has 1 atom stereocenters. The van der Waals surface area contributed by atoms with Crippen LogP contribution in [0.5, 0.6) is 0 Å². The summed E-state index contributed by atoms with van der Waals surface area (Å²) in [6, 6.07) is 3.84. The minimum atomic E-state index is -4.37. The predicted molar refractivity (Wildman–Crippen MR) is 89.4 cm³/mol. The molecule has 1 aromatic rings. The Bertz CT molecular complexity index is 647. The second kappa shape index (κ2) is 5.54. The van der Waals surface area contributed by atoms with E-state index in [4.69, 9.17) is 30.2 Å². The molecule has 118 valence electrons. The van der Waals surface area contributed by atoms with Crippen molar-refractivity contribution >= 4 is 52.0 Å². The molecular formula is C13H12F3N3S3. The molecule has 0 bridgehead atoms. The van der Waals surface area contributed by atoms with Crippen LogP contribution in [0.4, 0.5) is 18.9 Å². The van der Waals surface area contributed by atoms with Crippen molar-refractivity contribution in [2.75, 3.05) is 23.7 Å². The highest BCUT2D eigenvalue weighted by atomic mass is 32.2. The van der Waals surface area contributed by atoms with Gasteiger partial charge in [-0.1, -0.05) is 12.2 Å². The minimum absolute atomic E-state index is 0.0443. The summed E-state index contributed by atoms with van der Waals surface area (Å²) < 4.78 is 38.8. The summed E-state index contributed by atoms with van der Waals surface area (Å²) >= 11 is 11.9. The van der Waals surface area contributed by atoms with E-state index in [0.29, 0.717) is 28.9 Å². The fourth-order valence-corrected chi connectivity index (χ4v) is 4.30. The SMILES string of the molecule is NC(=S)CN1CC2CSc3ccc(C(F)(F)F)cc3N2C1=S. The van der Waals surface area contributed by atoms with Crippen LogP contribution in [0.1, 0.15) is 5.56 Å².